The predicted octanol–water partition coefficient (Wildman–Crippen LogP) is 2.37. The average Bonchev–Trinajstić information content (AvgIpc) is 2.14. The molecule has 0 aromatic carbocycles. The summed E-state index contributed by atoms with van der Waals surface area (Å²) in [6.45, 7) is 3.80. The largest absolute Gasteiger partial charge is 0.304 e. The van der Waals surface area contributed by atoms with Crippen LogP contribution >= 0.6 is 15.9 Å². The number of hydrogen-bond acceptors (Lipinski definition) is 1. The van der Waals surface area contributed by atoms with Crippen LogP contribution in [0, 0.1) is 5.95 Å². The van der Waals surface area contributed by atoms with E-state index in [2.05, 4.69) is 20.9 Å². The standard InChI is InChI=1S/C6H8BrFN2/c1-4(2)10-3-9-5(7)6(10)8/h3-4H,1-2H3. The number of hydrogen-bond donors (Lipinski definition) is 0. The molecule has 10 heavy (non-hydrogen) atoms. The van der Waals surface area contributed by atoms with Crippen LogP contribution in [-0.4, -0.2) is 9.55 Å². The van der Waals surface area contributed by atoms with Crippen molar-refractivity contribution in [3.63, 3.8) is 0 Å². The molecule has 4 heteroatoms. The van der Waals surface area contributed by atoms with E-state index in [1.807, 2.05) is 13.8 Å². The minimum Gasteiger partial charge on any atom is -0.304 e. The van der Waals surface area contributed by atoms with E-state index < -0.39 is 0 Å². The van der Waals surface area contributed by atoms with E-state index in [9.17, 15) is 4.39 Å². The lowest BCUT2D eigenvalue weighted by Gasteiger charge is -2.04. The van der Waals surface area contributed by atoms with Gasteiger partial charge >= 0.3 is 0 Å². The summed E-state index contributed by atoms with van der Waals surface area (Å²) in [7, 11) is 0. The van der Waals surface area contributed by atoms with Gasteiger partial charge in [0.15, 0.2) is 4.60 Å². The van der Waals surface area contributed by atoms with Crippen LogP contribution in [0.3, 0.4) is 0 Å². The third-order valence-electron chi connectivity index (χ3n) is 1.25. The first-order valence-corrected chi connectivity index (χ1v) is 3.80. The molecule has 2 nitrogen and oxygen atoms in total. The van der Waals surface area contributed by atoms with Gasteiger partial charge in [-0.05, 0) is 29.8 Å². The fraction of sp³-hybridized carbons (Fsp3) is 0.500. The Morgan fingerprint density at radius 3 is 2.50 bits per heavy atom. The van der Waals surface area contributed by atoms with E-state index in [1.54, 1.807) is 0 Å². The maximum absolute atomic E-state index is 12.9. The second kappa shape index (κ2) is 2.70. The number of halogens is 2. The molecule has 0 spiro atoms. The highest BCUT2D eigenvalue weighted by molar-refractivity contribution is 9.10. The van der Waals surface area contributed by atoms with Gasteiger partial charge in [-0.15, -0.1) is 0 Å². The smallest absolute Gasteiger partial charge is 0.228 e. The normalized spacial score (nSPS) is 10.9. The molecule has 0 fully saturated rings. The van der Waals surface area contributed by atoms with E-state index in [0.717, 1.165) is 0 Å². The van der Waals surface area contributed by atoms with Gasteiger partial charge in [-0.3, -0.25) is 0 Å². The molecule has 0 saturated heterocycles. The Balaban J connectivity index is 3.05. The highest BCUT2D eigenvalue weighted by Crippen LogP contribution is 2.15. The zero-order valence-corrected chi connectivity index (χ0v) is 7.39. The Bertz CT molecular complexity index is 232. The van der Waals surface area contributed by atoms with Gasteiger partial charge in [-0.1, -0.05) is 0 Å². The Labute approximate surface area is 67.2 Å². The first kappa shape index (κ1) is 7.72. The zero-order chi connectivity index (χ0) is 7.72. The lowest BCUT2D eigenvalue weighted by molar-refractivity contribution is 0.454. The van der Waals surface area contributed by atoms with Crippen LogP contribution in [0.5, 0.6) is 0 Å². The van der Waals surface area contributed by atoms with Crippen LogP contribution in [0.15, 0.2) is 10.9 Å². The number of aromatic nitrogens is 2. The number of rotatable bonds is 1. The lowest BCUT2D eigenvalue weighted by atomic mass is 10.4. The molecular formula is C6H8BrFN2. The molecule has 0 saturated carbocycles. The second-order valence-electron chi connectivity index (χ2n) is 2.33. The van der Waals surface area contributed by atoms with Gasteiger partial charge in [0.05, 0.1) is 6.33 Å². The van der Waals surface area contributed by atoms with E-state index in [4.69, 9.17) is 0 Å². The maximum Gasteiger partial charge on any atom is 0.228 e. The van der Waals surface area contributed by atoms with E-state index in [1.165, 1.54) is 10.9 Å². The Kier molecular flexibility index (Phi) is 2.08. The van der Waals surface area contributed by atoms with Crippen molar-refractivity contribution >= 4 is 15.9 Å². The van der Waals surface area contributed by atoms with Gasteiger partial charge in [-0.2, -0.15) is 4.39 Å². The summed E-state index contributed by atoms with van der Waals surface area (Å²) < 4.78 is 14.6. The first-order valence-electron chi connectivity index (χ1n) is 3.00. The third-order valence-corrected chi connectivity index (χ3v) is 1.78. The Hall–Kier alpha value is -0.380. The minimum absolute atomic E-state index is 0.124. The molecule has 0 bridgehead atoms. The summed E-state index contributed by atoms with van der Waals surface area (Å²) in [4.78, 5) is 3.74. The summed E-state index contributed by atoms with van der Waals surface area (Å²) in [6, 6.07) is 0.124. The van der Waals surface area contributed by atoms with Gasteiger partial charge in [0.25, 0.3) is 0 Å². The summed E-state index contributed by atoms with van der Waals surface area (Å²) in [5.41, 5.74) is 0. The fourth-order valence-electron chi connectivity index (χ4n) is 0.683. The van der Waals surface area contributed by atoms with Gasteiger partial charge < -0.3 is 4.57 Å². The molecule has 1 heterocycles. The van der Waals surface area contributed by atoms with Crippen LogP contribution < -0.4 is 0 Å². The second-order valence-corrected chi connectivity index (χ2v) is 3.08. The van der Waals surface area contributed by atoms with E-state index in [0.29, 0.717) is 0 Å². The Morgan fingerprint density at radius 1 is 1.70 bits per heavy atom. The highest BCUT2D eigenvalue weighted by atomic mass is 79.9. The van der Waals surface area contributed by atoms with Crippen LogP contribution in [0.25, 0.3) is 0 Å². The van der Waals surface area contributed by atoms with Crippen molar-refractivity contribution < 1.29 is 4.39 Å². The molecule has 1 rings (SSSR count). The molecule has 0 unspecified atom stereocenters. The monoisotopic (exact) mass is 206 g/mol. The molecule has 0 radical (unpaired) electrons. The molecule has 1 aromatic rings. The number of imidazole rings is 1. The minimum atomic E-state index is -0.310. The molecule has 0 aliphatic rings. The highest BCUT2D eigenvalue weighted by Gasteiger charge is 2.08. The molecule has 0 N–H and O–H groups in total. The molecule has 0 amide bonds. The van der Waals surface area contributed by atoms with Crippen molar-refractivity contribution in [2.75, 3.05) is 0 Å². The summed E-state index contributed by atoms with van der Waals surface area (Å²) in [5.74, 6) is -0.310. The topological polar surface area (TPSA) is 17.8 Å². The molecule has 1 aromatic heterocycles. The molecule has 56 valence electrons. The van der Waals surface area contributed by atoms with E-state index in [-0.39, 0.29) is 16.6 Å². The third kappa shape index (κ3) is 1.21. The van der Waals surface area contributed by atoms with Gasteiger partial charge in [-0.25, -0.2) is 4.98 Å². The van der Waals surface area contributed by atoms with Crippen LogP contribution in [0.4, 0.5) is 4.39 Å². The van der Waals surface area contributed by atoms with Gasteiger partial charge in [0.2, 0.25) is 5.95 Å². The fourth-order valence-corrected chi connectivity index (χ4v) is 0.980. The van der Waals surface area contributed by atoms with Crippen LogP contribution in [0.1, 0.15) is 19.9 Å². The van der Waals surface area contributed by atoms with Crippen LogP contribution in [-0.2, 0) is 0 Å². The average molecular weight is 207 g/mol. The predicted molar refractivity (Wildman–Crippen MR) is 40.3 cm³/mol. The summed E-state index contributed by atoms with van der Waals surface area (Å²) in [6.07, 6.45) is 1.48. The summed E-state index contributed by atoms with van der Waals surface area (Å²) >= 11 is 2.98. The van der Waals surface area contributed by atoms with Crippen LogP contribution in [0.2, 0.25) is 0 Å². The van der Waals surface area contributed by atoms with Gasteiger partial charge in [0.1, 0.15) is 0 Å². The van der Waals surface area contributed by atoms with Crippen molar-refractivity contribution in [2.45, 2.75) is 19.9 Å². The number of nitrogens with zero attached hydrogens (tertiary/aromatic N) is 2. The SMILES string of the molecule is CC(C)n1cnc(Br)c1F. The molecular weight excluding hydrogens is 199 g/mol. The summed E-state index contributed by atoms with van der Waals surface area (Å²) in [5, 5.41) is 0. The first-order chi connectivity index (χ1) is 4.63. The zero-order valence-electron chi connectivity index (χ0n) is 5.81. The van der Waals surface area contributed by atoms with Gasteiger partial charge in [0, 0.05) is 6.04 Å². The lowest BCUT2D eigenvalue weighted by Crippen LogP contribution is -2.01. The van der Waals surface area contributed by atoms with Crippen molar-refractivity contribution in [1.29, 1.82) is 0 Å². The van der Waals surface area contributed by atoms with E-state index >= 15 is 0 Å². The molecule has 0 aliphatic heterocycles. The molecule has 0 atom stereocenters. The molecule has 0 aliphatic carbocycles. The van der Waals surface area contributed by atoms with Crippen molar-refractivity contribution in [3.05, 3.63) is 16.9 Å². The maximum atomic E-state index is 12.9. The Morgan fingerprint density at radius 2 is 2.30 bits per heavy atom. The van der Waals surface area contributed by atoms with Crippen molar-refractivity contribution in [3.8, 4) is 0 Å². The van der Waals surface area contributed by atoms with Crippen molar-refractivity contribution in [2.24, 2.45) is 0 Å². The van der Waals surface area contributed by atoms with Crippen molar-refractivity contribution in [1.82, 2.24) is 9.55 Å². The quantitative estimate of drug-likeness (QED) is 0.691.